The molecule has 0 heterocycles. The van der Waals surface area contributed by atoms with Crippen LogP contribution < -0.4 is 14.8 Å². The van der Waals surface area contributed by atoms with Gasteiger partial charge in [-0.15, -0.1) is 0 Å². The van der Waals surface area contributed by atoms with E-state index in [1.807, 2.05) is 74.5 Å². The van der Waals surface area contributed by atoms with Crippen molar-refractivity contribution in [2.24, 2.45) is 0 Å². The molecule has 0 unspecified atom stereocenters. The molecule has 0 atom stereocenters. The maximum absolute atomic E-state index is 13.2. The molecule has 0 fully saturated rings. The van der Waals surface area contributed by atoms with Crippen molar-refractivity contribution in [3.63, 3.8) is 0 Å². The molecule has 1 N–H and O–H groups in total. The number of nitrogens with one attached hydrogen (secondary N) is 1. The SMILES string of the molecule is CCOc1cc(C(=O)NC(C)(c2ccccc2)c2ccccc2)ccc1OC. The van der Waals surface area contributed by atoms with Crippen molar-refractivity contribution < 1.29 is 14.3 Å². The molecule has 3 aromatic rings. The normalized spacial score (nSPS) is 11.0. The maximum atomic E-state index is 13.2. The van der Waals surface area contributed by atoms with Crippen molar-refractivity contribution in [1.82, 2.24) is 5.32 Å². The Balaban J connectivity index is 1.98. The third-order valence-corrected chi connectivity index (χ3v) is 4.79. The first-order valence-corrected chi connectivity index (χ1v) is 9.33. The molecule has 0 spiro atoms. The molecule has 0 aromatic heterocycles. The highest BCUT2D eigenvalue weighted by molar-refractivity contribution is 5.95. The highest BCUT2D eigenvalue weighted by Gasteiger charge is 2.31. The van der Waals surface area contributed by atoms with Crippen molar-refractivity contribution in [3.05, 3.63) is 95.6 Å². The van der Waals surface area contributed by atoms with E-state index in [0.717, 1.165) is 11.1 Å². The quantitative estimate of drug-likeness (QED) is 0.646. The maximum Gasteiger partial charge on any atom is 0.252 e. The standard InChI is InChI=1S/C24H25NO3/c1-4-28-22-17-18(15-16-21(22)27-3)23(26)25-24(2,19-11-7-5-8-12-19)20-13-9-6-10-14-20/h5-17H,4H2,1-3H3,(H,25,26). The minimum Gasteiger partial charge on any atom is -0.493 e. The third kappa shape index (κ3) is 4.01. The molecule has 1 amide bonds. The average molecular weight is 375 g/mol. The smallest absolute Gasteiger partial charge is 0.252 e. The van der Waals surface area contributed by atoms with E-state index in [9.17, 15) is 4.79 Å². The van der Waals surface area contributed by atoms with E-state index in [4.69, 9.17) is 9.47 Å². The van der Waals surface area contributed by atoms with E-state index in [0.29, 0.717) is 23.7 Å². The molecule has 0 saturated carbocycles. The number of methoxy groups -OCH3 is 1. The van der Waals surface area contributed by atoms with Crippen LogP contribution in [-0.4, -0.2) is 19.6 Å². The summed E-state index contributed by atoms with van der Waals surface area (Å²) < 4.78 is 10.9. The molecule has 0 aliphatic rings. The van der Waals surface area contributed by atoms with Crippen LogP contribution in [0.3, 0.4) is 0 Å². The van der Waals surface area contributed by atoms with Crippen molar-refractivity contribution in [3.8, 4) is 11.5 Å². The molecule has 0 bridgehead atoms. The average Bonchev–Trinajstić information content (AvgIpc) is 2.75. The van der Waals surface area contributed by atoms with E-state index >= 15 is 0 Å². The van der Waals surface area contributed by atoms with Gasteiger partial charge in [-0.05, 0) is 43.2 Å². The molecule has 0 radical (unpaired) electrons. The predicted octanol–water partition coefficient (Wildman–Crippen LogP) is 4.79. The zero-order chi connectivity index (χ0) is 20.0. The Morgan fingerprint density at radius 1 is 0.893 bits per heavy atom. The minimum atomic E-state index is -0.675. The van der Waals surface area contributed by atoms with Gasteiger partial charge in [0.05, 0.1) is 19.3 Å². The van der Waals surface area contributed by atoms with Gasteiger partial charge in [0, 0.05) is 5.56 Å². The fraction of sp³-hybridized carbons (Fsp3) is 0.208. The number of ether oxygens (including phenoxy) is 2. The highest BCUT2D eigenvalue weighted by Crippen LogP contribution is 2.31. The van der Waals surface area contributed by atoms with E-state index in [-0.39, 0.29) is 5.91 Å². The number of carbonyl (C=O) groups is 1. The summed E-state index contributed by atoms with van der Waals surface area (Å²) in [5.41, 5.74) is 1.86. The Morgan fingerprint density at radius 2 is 1.46 bits per heavy atom. The molecule has 4 heteroatoms. The molecule has 0 saturated heterocycles. The number of carbonyl (C=O) groups excluding carboxylic acids is 1. The lowest BCUT2D eigenvalue weighted by Gasteiger charge is -2.32. The fourth-order valence-electron chi connectivity index (χ4n) is 3.24. The van der Waals surface area contributed by atoms with Crippen LogP contribution >= 0.6 is 0 Å². The fourth-order valence-corrected chi connectivity index (χ4v) is 3.24. The van der Waals surface area contributed by atoms with Gasteiger partial charge in [-0.3, -0.25) is 4.79 Å². The van der Waals surface area contributed by atoms with Gasteiger partial charge in [-0.1, -0.05) is 60.7 Å². The van der Waals surface area contributed by atoms with Gasteiger partial charge in [-0.25, -0.2) is 0 Å². The highest BCUT2D eigenvalue weighted by atomic mass is 16.5. The minimum absolute atomic E-state index is 0.182. The zero-order valence-corrected chi connectivity index (χ0v) is 16.4. The van der Waals surface area contributed by atoms with Crippen molar-refractivity contribution in [1.29, 1.82) is 0 Å². The van der Waals surface area contributed by atoms with E-state index in [1.54, 1.807) is 25.3 Å². The first kappa shape index (κ1) is 19.5. The molecule has 0 aliphatic heterocycles. The second-order valence-corrected chi connectivity index (χ2v) is 6.61. The second kappa shape index (κ2) is 8.61. The van der Waals surface area contributed by atoms with Gasteiger partial charge in [0.1, 0.15) is 0 Å². The molecular weight excluding hydrogens is 350 g/mol. The summed E-state index contributed by atoms with van der Waals surface area (Å²) in [5.74, 6) is 0.977. The number of hydrogen-bond donors (Lipinski definition) is 1. The van der Waals surface area contributed by atoms with Crippen molar-refractivity contribution in [2.45, 2.75) is 19.4 Å². The molecule has 3 rings (SSSR count). The Kier molecular flexibility index (Phi) is 5.99. The van der Waals surface area contributed by atoms with Gasteiger partial charge >= 0.3 is 0 Å². The van der Waals surface area contributed by atoms with E-state index < -0.39 is 5.54 Å². The molecule has 3 aromatic carbocycles. The summed E-state index contributed by atoms with van der Waals surface area (Å²) in [6.07, 6.45) is 0. The predicted molar refractivity (Wildman–Crippen MR) is 111 cm³/mol. The summed E-state index contributed by atoms with van der Waals surface area (Å²) in [7, 11) is 1.58. The molecular formula is C24H25NO3. The van der Waals surface area contributed by atoms with Crippen LogP contribution in [0.25, 0.3) is 0 Å². The number of hydrogen-bond acceptors (Lipinski definition) is 3. The van der Waals surface area contributed by atoms with Crippen LogP contribution in [0.2, 0.25) is 0 Å². The number of benzene rings is 3. The van der Waals surface area contributed by atoms with E-state index in [1.165, 1.54) is 0 Å². The summed E-state index contributed by atoms with van der Waals surface area (Å²) in [6.45, 7) is 4.41. The molecule has 144 valence electrons. The van der Waals surface area contributed by atoms with Gasteiger partial charge < -0.3 is 14.8 Å². The Morgan fingerprint density at radius 3 is 1.96 bits per heavy atom. The van der Waals surface area contributed by atoms with Gasteiger partial charge in [0.25, 0.3) is 5.91 Å². The van der Waals surface area contributed by atoms with Crippen LogP contribution in [0.4, 0.5) is 0 Å². The zero-order valence-electron chi connectivity index (χ0n) is 16.4. The van der Waals surface area contributed by atoms with Crippen molar-refractivity contribution >= 4 is 5.91 Å². The largest absolute Gasteiger partial charge is 0.493 e. The monoisotopic (exact) mass is 375 g/mol. The van der Waals surface area contributed by atoms with Crippen LogP contribution in [0.1, 0.15) is 35.3 Å². The Bertz CT molecular complexity index is 884. The molecule has 28 heavy (non-hydrogen) atoms. The third-order valence-electron chi connectivity index (χ3n) is 4.79. The first-order chi connectivity index (χ1) is 13.6. The van der Waals surface area contributed by atoms with Crippen molar-refractivity contribution in [2.75, 3.05) is 13.7 Å². The lowest BCUT2D eigenvalue weighted by molar-refractivity contribution is 0.0918. The van der Waals surface area contributed by atoms with Crippen LogP contribution in [-0.2, 0) is 5.54 Å². The van der Waals surface area contributed by atoms with Gasteiger partial charge in [0.15, 0.2) is 11.5 Å². The lowest BCUT2D eigenvalue weighted by Crippen LogP contribution is -2.44. The summed E-state index contributed by atoms with van der Waals surface area (Å²) >= 11 is 0. The summed E-state index contributed by atoms with van der Waals surface area (Å²) in [6, 6.07) is 25.1. The van der Waals surface area contributed by atoms with E-state index in [2.05, 4.69) is 5.32 Å². The van der Waals surface area contributed by atoms with Gasteiger partial charge in [0.2, 0.25) is 0 Å². The molecule has 0 aliphatic carbocycles. The Hall–Kier alpha value is -3.27. The number of amides is 1. The Labute approximate surface area is 166 Å². The summed E-state index contributed by atoms with van der Waals surface area (Å²) in [4.78, 5) is 13.2. The van der Waals surface area contributed by atoms with Gasteiger partial charge in [-0.2, -0.15) is 0 Å². The van der Waals surface area contributed by atoms with Crippen LogP contribution in [0.15, 0.2) is 78.9 Å². The lowest BCUT2D eigenvalue weighted by atomic mass is 9.84. The summed E-state index contributed by atoms with van der Waals surface area (Å²) in [5, 5.41) is 3.21. The topological polar surface area (TPSA) is 47.6 Å². The van der Waals surface area contributed by atoms with Crippen LogP contribution in [0.5, 0.6) is 11.5 Å². The number of rotatable bonds is 7. The molecule has 4 nitrogen and oxygen atoms in total. The second-order valence-electron chi connectivity index (χ2n) is 6.61. The first-order valence-electron chi connectivity index (χ1n) is 9.33. The van der Waals surface area contributed by atoms with Crippen LogP contribution in [0, 0.1) is 0 Å².